The molecule has 0 amide bonds. The lowest BCUT2D eigenvalue weighted by Crippen LogP contribution is -2.21. The fourth-order valence-corrected chi connectivity index (χ4v) is 3.74. The lowest BCUT2D eigenvalue weighted by atomic mass is 10.1. The van der Waals surface area contributed by atoms with E-state index in [4.69, 9.17) is 13.9 Å². The molecular weight excluding hydrogens is 423 g/mol. The Labute approximate surface area is 181 Å². The van der Waals surface area contributed by atoms with Gasteiger partial charge in [-0.25, -0.2) is 9.37 Å². The number of aryl methyl sites for hydroxylation is 1. The highest BCUT2D eigenvalue weighted by Gasteiger charge is 2.12. The number of hydrogen-bond acceptors (Lipinski definition) is 8. The van der Waals surface area contributed by atoms with Crippen molar-refractivity contribution in [2.24, 2.45) is 0 Å². The highest BCUT2D eigenvalue weighted by Crippen LogP contribution is 2.29. The van der Waals surface area contributed by atoms with E-state index < -0.39 is 0 Å². The fraction of sp³-hybridized carbons (Fsp3) is 0.238. The summed E-state index contributed by atoms with van der Waals surface area (Å²) in [4.78, 5) is 17.2. The molecule has 0 bridgehead atoms. The number of ether oxygens (including phenoxy) is 2. The molecular formula is C21H19FN4O4S. The number of nitrogens with zero attached hydrogens (tertiary/aromatic N) is 4. The van der Waals surface area contributed by atoms with Crippen LogP contribution >= 0.6 is 11.8 Å². The molecule has 0 atom stereocenters. The molecule has 2 aromatic heterocycles. The average molecular weight is 442 g/mol. The second-order valence-electron chi connectivity index (χ2n) is 6.58. The maximum absolute atomic E-state index is 13.0. The molecule has 0 aliphatic heterocycles. The zero-order valence-corrected chi connectivity index (χ0v) is 17.7. The van der Waals surface area contributed by atoms with Gasteiger partial charge in [-0.1, -0.05) is 23.9 Å². The third-order valence-electron chi connectivity index (χ3n) is 4.60. The molecule has 0 spiro atoms. The van der Waals surface area contributed by atoms with Crippen LogP contribution in [0.3, 0.4) is 0 Å². The molecule has 0 N–H and O–H groups in total. The van der Waals surface area contributed by atoms with E-state index in [0.717, 1.165) is 5.56 Å². The topological polar surface area (TPSA) is 92.3 Å². The molecule has 0 saturated carbocycles. The summed E-state index contributed by atoms with van der Waals surface area (Å²) in [5.41, 5.74) is 1.24. The van der Waals surface area contributed by atoms with Crippen LogP contribution in [0, 0.1) is 5.82 Å². The van der Waals surface area contributed by atoms with Crippen LogP contribution in [0.2, 0.25) is 0 Å². The molecule has 4 rings (SSSR count). The number of hydrogen-bond donors (Lipinski definition) is 0. The van der Waals surface area contributed by atoms with E-state index in [1.165, 1.54) is 49.0 Å². The molecule has 160 valence electrons. The zero-order valence-electron chi connectivity index (χ0n) is 16.9. The number of thioether (sulfide) groups is 1. The molecule has 0 saturated heterocycles. The summed E-state index contributed by atoms with van der Waals surface area (Å²) >= 11 is 1.34. The predicted molar refractivity (Wildman–Crippen MR) is 113 cm³/mol. The van der Waals surface area contributed by atoms with Gasteiger partial charge in [0.05, 0.1) is 37.9 Å². The Hall–Kier alpha value is -3.40. The highest BCUT2D eigenvalue weighted by atomic mass is 32.2. The summed E-state index contributed by atoms with van der Waals surface area (Å²) in [6.07, 6.45) is 1.93. The van der Waals surface area contributed by atoms with Gasteiger partial charge < -0.3 is 13.9 Å². The van der Waals surface area contributed by atoms with Crippen molar-refractivity contribution in [2.45, 2.75) is 18.2 Å². The Balaban J connectivity index is 1.41. The first-order valence-corrected chi connectivity index (χ1v) is 10.4. The number of rotatable bonds is 8. The molecule has 2 heterocycles. The summed E-state index contributed by atoms with van der Waals surface area (Å²) in [6, 6.07) is 9.44. The minimum Gasteiger partial charge on any atom is -0.493 e. The van der Waals surface area contributed by atoms with Crippen LogP contribution in [0.5, 0.6) is 11.5 Å². The normalized spacial score (nSPS) is 11.1. The Morgan fingerprint density at radius 1 is 1.10 bits per heavy atom. The lowest BCUT2D eigenvalue weighted by molar-refractivity contribution is 0.355. The number of benzene rings is 2. The summed E-state index contributed by atoms with van der Waals surface area (Å²) in [5, 5.41) is 8.89. The van der Waals surface area contributed by atoms with Gasteiger partial charge >= 0.3 is 0 Å². The third kappa shape index (κ3) is 4.69. The second kappa shape index (κ2) is 9.17. The van der Waals surface area contributed by atoms with Gasteiger partial charge in [-0.3, -0.25) is 9.36 Å². The van der Waals surface area contributed by atoms with Crippen LogP contribution < -0.4 is 15.0 Å². The van der Waals surface area contributed by atoms with Crippen molar-refractivity contribution in [1.82, 2.24) is 19.7 Å². The van der Waals surface area contributed by atoms with Crippen molar-refractivity contribution in [3.8, 4) is 11.5 Å². The molecule has 0 aliphatic rings. The van der Waals surface area contributed by atoms with E-state index in [1.54, 1.807) is 24.3 Å². The van der Waals surface area contributed by atoms with Gasteiger partial charge in [0.1, 0.15) is 5.82 Å². The highest BCUT2D eigenvalue weighted by molar-refractivity contribution is 7.99. The van der Waals surface area contributed by atoms with Crippen molar-refractivity contribution < 1.29 is 18.3 Å². The summed E-state index contributed by atoms with van der Waals surface area (Å²) in [6.45, 7) is 0.413. The molecule has 0 unspecified atom stereocenters. The van der Waals surface area contributed by atoms with Crippen LogP contribution in [0.15, 0.2) is 57.2 Å². The van der Waals surface area contributed by atoms with Gasteiger partial charge in [0.15, 0.2) is 11.5 Å². The van der Waals surface area contributed by atoms with Crippen LogP contribution in [0.25, 0.3) is 10.9 Å². The molecule has 10 heteroatoms. The van der Waals surface area contributed by atoms with Crippen molar-refractivity contribution in [1.29, 1.82) is 0 Å². The quantitative estimate of drug-likeness (QED) is 0.384. The first-order valence-electron chi connectivity index (χ1n) is 9.38. The molecule has 0 aliphatic carbocycles. The minimum absolute atomic E-state index is 0.172. The van der Waals surface area contributed by atoms with Crippen LogP contribution in [0.4, 0.5) is 4.39 Å². The predicted octanol–water partition coefficient (Wildman–Crippen LogP) is 3.32. The van der Waals surface area contributed by atoms with E-state index >= 15 is 0 Å². The molecule has 0 fully saturated rings. The Morgan fingerprint density at radius 3 is 2.58 bits per heavy atom. The minimum atomic E-state index is -0.290. The number of halogens is 1. The molecule has 4 aromatic rings. The first kappa shape index (κ1) is 20.9. The molecule has 0 radical (unpaired) electrons. The number of fused-ring (bicyclic) bond motifs is 1. The standard InChI is InChI=1S/C21H19FN4O4S/c1-28-17-10-15-16(11-18(17)29-2)23-12-26(20(15)27)7-8-31-21-25-24-19(30-21)9-13-3-5-14(22)6-4-13/h3-6,10-12H,7-9H2,1-2H3. The zero-order chi connectivity index (χ0) is 21.8. The van der Waals surface area contributed by atoms with E-state index in [2.05, 4.69) is 15.2 Å². The SMILES string of the molecule is COc1cc2ncn(CCSc3nnc(Cc4ccc(F)cc4)o3)c(=O)c2cc1OC. The largest absolute Gasteiger partial charge is 0.493 e. The van der Waals surface area contributed by atoms with Gasteiger partial charge in [-0.15, -0.1) is 10.2 Å². The van der Waals surface area contributed by atoms with Crippen molar-refractivity contribution >= 4 is 22.7 Å². The maximum Gasteiger partial charge on any atom is 0.276 e. The van der Waals surface area contributed by atoms with Gasteiger partial charge in [-0.2, -0.15) is 0 Å². The lowest BCUT2D eigenvalue weighted by Gasteiger charge is -2.10. The van der Waals surface area contributed by atoms with Crippen molar-refractivity contribution in [3.63, 3.8) is 0 Å². The maximum atomic E-state index is 13.0. The smallest absolute Gasteiger partial charge is 0.276 e. The van der Waals surface area contributed by atoms with Crippen molar-refractivity contribution in [3.05, 3.63) is 70.4 Å². The molecule has 2 aromatic carbocycles. The average Bonchev–Trinajstić information content (AvgIpc) is 3.23. The van der Waals surface area contributed by atoms with E-state index in [1.807, 2.05) is 0 Å². The van der Waals surface area contributed by atoms with Gasteiger partial charge in [0.2, 0.25) is 5.89 Å². The molecule has 8 nitrogen and oxygen atoms in total. The number of aromatic nitrogens is 4. The Kier molecular flexibility index (Phi) is 6.17. The Morgan fingerprint density at radius 2 is 1.84 bits per heavy atom. The van der Waals surface area contributed by atoms with Crippen molar-refractivity contribution in [2.75, 3.05) is 20.0 Å². The van der Waals surface area contributed by atoms with E-state index in [0.29, 0.717) is 52.2 Å². The van der Waals surface area contributed by atoms with Crippen LogP contribution in [0.1, 0.15) is 11.5 Å². The fourth-order valence-electron chi connectivity index (χ4n) is 3.02. The Bertz CT molecular complexity index is 1260. The third-order valence-corrected chi connectivity index (χ3v) is 5.40. The van der Waals surface area contributed by atoms with Gasteiger partial charge in [0.25, 0.3) is 10.8 Å². The summed E-state index contributed by atoms with van der Waals surface area (Å²) in [7, 11) is 3.05. The van der Waals surface area contributed by atoms with Gasteiger partial charge in [-0.05, 0) is 23.8 Å². The van der Waals surface area contributed by atoms with Gasteiger partial charge in [0, 0.05) is 18.4 Å². The summed E-state index contributed by atoms with van der Waals surface area (Å²) < 4.78 is 30.7. The first-order chi connectivity index (χ1) is 15.1. The van der Waals surface area contributed by atoms with Crippen LogP contribution in [-0.4, -0.2) is 39.7 Å². The summed E-state index contributed by atoms with van der Waals surface area (Å²) in [5.74, 6) is 1.68. The van der Waals surface area contributed by atoms with E-state index in [-0.39, 0.29) is 11.4 Å². The second-order valence-corrected chi connectivity index (χ2v) is 7.63. The van der Waals surface area contributed by atoms with E-state index in [9.17, 15) is 9.18 Å². The monoisotopic (exact) mass is 442 g/mol. The number of methoxy groups -OCH3 is 2. The molecule has 31 heavy (non-hydrogen) atoms. The van der Waals surface area contributed by atoms with Crippen LogP contribution in [-0.2, 0) is 13.0 Å².